The number of hydrogen-bond acceptors (Lipinski definition) is 5. The molecule has 31 heavy (non-hydrogen) atoms. The summed E-state index contributed by atoms with van der Waals surface area (Å²) in [7, 11) is 1.66. The van der Waals surface area contributed by atoms with Gasteiger partial charge in [0.05, 0.1) is 18.8 Å². The fourth-order valence-corrected chi connectivity index (χ4v) is 3.64. The van der Waals surface area contributed by atoms with E-state index in [0.717, 1.165) is 28.9 Å². The van der Waals surface area contributed by atoms with E-state index in [-0.39, 0.29) is 24.9 Å². The molecule has 0 saturated carbocycles. The van der Waals surface area contributed by atoms with E-state index in [9.17, 15) is 18.4 Å². The monoisotopic (exact) mass is 444 g/mol. The first-order valence-electron chi connectivity index (χ1n) is 9.48. The maximum absolute atomic E-state index is 13.4. The Kier molecular flexibility index (Phi) is 7.09. The molecule has 2 N–H and O–H groups in total. The Bertz CT molecular complexity index is 1120. The van der Waals surface area contributed by atoms with Crippen LogP contribution in [-0.2, 0) is 9.59 Å². The highest BCUT2D eigenvalue weighted by Crippen LogP contribution is 2.26. The molecule has 6 nitrogen and oxygen atoms in total. The molecule has 9 heteroatoms. The van der Waals surface area contributed by atoms with Gasteiger partial charge in [-0.1, -0.05) is 12.1 Å². The molecule has 0 aliphatic carbocycles. The number of carbonyl (C=O) groups excluding carboxylic acids is 2. The molecule has 3 rings (SSSR count). The van der Waals surface area contributed by atoms with Gasteiger partial charge in [-0.3, -0.25) is 14.5 Å². The summed E-state index contributed by atoms with van der Waals surface area (Å²) < 4.78 is 26.5. The molecule has 0 fully saturated rings. The lowest BCUT2D eigenvalue weighted by Crippen LogP contribution is -2.36. The van der Waals surface area contributed by atoms with Crippen LogP contribution in [0, 0.1) is 25.5 Å². The Morgan fingerprint density at radius 3 is 2.45 bits per heavy atom. The van der Waals surface area contributed by atoms with Crippen LogP contribution in [0.3, 0.4) is 0 Å². The normalized spacial score (nSPS) is 10.9. The fraction of sp³-hybridized carbons (Fsp3) is 0.227. The fourth-order valence-electron chi connectivity index (χ4n) is 2.90. The third-order valence-electron chi connectivity index (χ3n) is 4.67. The van der Waals surface area contributed by atoms with Gasteiger partial charge in [-0.2, -0.15) is 0 Å². The number of aromatic nitrogens is 1. The van der Waals surface area contributed by atoms with Crippen molar-refractivity contribution in [3.8, 4) is 11.3 Å². The number of likely N-dealkylation sites (N-methyl/N-ethyl adjacent to an activating group) is 1. The van der Waals surface area contributed by atoms with Crippen LogP contribution in [0.4, 0.5) is 19.6 Å². The zero-order valence-corrected chi connectivity index (χ0v) is 18.1. The van der Waals surface area contributed by atoms with Crippen molar-refractivity contribution >= 4 is 34.0 Å². The number of carbonyl (C=O) groups is 2. The van der Waals surface area contributed by atoms with Crippen LogP contribution in [0.2, 0.25) is 0 Å². The standard InChI is InChI=1S/C22H22F2N4O2S/c1-13-5-4-6-18(14(13)2)25-20(29)10-28(3)11-21(30)27-22-26-19(12-31-22)15-7-8-16(23)17(24)9-15/h4-9,12H,10-11H2,1-3H3,(H,25,29)(H,26,27,30). The molecule has 2 aromatic carbocycles. The van der Waals surface area contributed by atoms with Crippen LogP contribution < -0.4 is 10.6 Å². The van der Waals surface area contributed by atoms with Crippen molar-refractivity contribution in [2.75, 3.05) is 30.8 Å². The van der Waals surface area contributed by atoms with E-state index in [0.29, 0.717) is 16.4 Å². The van der Waals surface area contributed by atoms with Gasteiger partial charge >= 0.3 is 0 Å². The molecule has 0 aliphatic heterocycles. The van der Waals surface area contributed by atoms with E-state index in [1.54, 1.807) is 17.3 Å². The Labute approximate surface area is 182 Å². The number of amides is 2. The Morgan fingerprint density at radius 1 is 1.03 bits per heavy atom. The van der Waals surface area contributed by atoms with Crippen molar-refractivity contribution in [2.45, 2.75) is 13.8 Å². The third kappa shape index (κ3) is 5.93. The number of aryl methyl sites for hydroxylation is 1. The zero-order chi connectivity index (χ0) is 22.5. The molecule has 162 valence electrons. The zero-order valence-electron chi connectivity index (χ0n) is 17.3. The average Bonchev–Trinajstić information content (AvgIpc) is 3.15. The smallest absolute Gasteiger partial charge is 0.240 e. The van der Waals surface area contributed by atoms with Gasteiger partial charge in [0.25, 0.3) is 0 Å². The topological polar surface area (TPSA) is 74.3 Å². The molecule has 0 unspecified atom stereocenters. The van der Waals surface area contributed by atoms with Gasteiger partial charge in [0.15, 0.2) is 16.8 Å². The highest BCUT2D eigenvalue weighted by Gasteiger charge is 2.14. The highest BCUT2D eigenvalue weighted by molar-refractivity contribution is 7.14. The summed E-state index contributed by atoms with van der Waals surface area (Å²) in [6.07, 6.45) is 0. The van der Waals surface area contributed by atoms with Gasteiger partial charge in [0.2, 0.25) is 11.8 Å². The van der Waals surface area contributed by atoms with E-state index in [2.05, 4.69) is 15.6 Å². The van der Waals surface area contributed by atoms with Crippen LogP contribution in [0.15, 0.2) is 41.8 Å². The van der Waals surface area contributed by atoms with Crippen molar-refractivity contribution in [3.63, 3.8) is 0 Å². The van der Waals surface area contributed by atoms with Gasteiger partial charge in [-0.05, 0) is 56.3 Å². The molecule has 0 atom stereocenters. The lowest BCUT2D eigenvalue weighted by molar-refractivity contribution is -0.119. The number of nitrogens with zero attached hydrogens (tertiary/aromatic N) is 2. The molecule has 3 aromatic rings. The second-order valence-electron chi connectivity index (χ2n) is 7.18. The molecular formula is C22H22F2N4O2S. The van der Waals surface area contributed by atoms with E-state index < -0.39 is 11.6 Å². The molecule has 2 amide bonds. The first-order chi connectivity index (χ1) is 14.7. The SMILES string of the molecule is Cc1cccc(NC(=O)CN(C)CC(=O)Nc2nc(-c3ccc(F)c(F)c3)cs2)c1C. The Hall–Kier alpha value is -3.17. The first kappa shape index (κ1) is 22.5. The summed E-state index contributed by atoms with van der Waals surface area (Å²) in [5.74, 6) is -2.46. The molecule has 1 heterocycles. The lowest BCUT2D eigenvalue weighted by Gasteiger charge is -2.16. The Morgan fingerprint density at radius 2 is 1.74 bits per heavy atom. The number of benzene rings is 2. The van der Waals surface area contributed by atoms with E-state index >= 15 is 0 Å². The predicted octanol–water partition coefficient (Wildman–Crippen LogP) is 4.21. The van der Waals surface area contributed by atoms with Crippen LogP contribution in [0.25, 0.3) is 11.3 Å². The van der Waals surface area contributed by atoms with E-state index in [1.807, 2.05) is 32.0 Å². The molecule has 0 radical (unpaired) electrons. The summed E-state index contributed by atoms with van der Waals surface area (Å²) in [5.41, 5.74) is 3.67. The molecule has 0 bridgehead atoms. The minimum atomic E-state index is -0.961. The first-order valence-corrected chi connectivity index (χ1v) is 10.4. The quantitative estimate of drug-likeness (QED) is 0.572. The van der Waals surface area contributed by atoms with Crippen LogP contribution in [-0.4, -0.2) is 41.8 Å². The Balaban J connectivity index is 1.52. The minimum Gasteiger partial charge on any atom is -0.325 e. The maximum atomic E-state index is 13.4. The van der Waals surface area contributed by atoms with Crippen molar-refractivity contribution in [1.82, 2.24) is 9.88 Å². The van der Waals surface area contributed by atoms with Crippen molar-refractivity contribution in [3.05, 3.63) is 64.5 Å². The molecule has 0 saturated heterocycles. The van der Waals surface area contributed by atoms with Gasteiger partial charge in [0, 0.05) is 16.6 Å². The van der Waals surface area contributed by atoms with Gasteiger partial charge in [-0.15, -0.1) is 11.3 Å². The predicted molar refractivity (Wildman–Crippen MR) is 118 cm³/mol. The average molecular weight is 445 g/mol. The second kappa shape index (κ2) is 9.76. The van der Waals surface area contributed by atoms with E-state index in [1.165, 1.54) is 17.4 Å². The van der Waals surface area contributed by atoms with Crippen molar-refractivity contribution < 1.29 is 18.4 Å². The number of hydrogen-bond donors (Lipinski definition) is 2. The summed E-state index contributed by atoms with van der Waals surface area (Å²) in [6.45, 7) is 3.93. The van der Waals surface area contributed by atoms with Crippen molar-refractivity contribution in [1.29, 1.82) is 0 Å². The maximum Gasteiger partial charge on any atom is 0.240 e. The number of anilines is 2. The van der Waals surface area contributed by atoms with Gasteiger partial charge < -0.3 is 10.6 Å². The second-order valence-corrected chi connectivity index (χ2v) is 8.04. The summed E-state index contributed by atoms with van der Waals surface area (Å²) in [4.78, 5) is 30.4. The van der Waals surface area contributed by atoms with Crippen molar-refractivity contribution in [2.24, 2.45) is 0 Å². The number of halogens is 2. The molecule has 0 aliphatic rings. The highest BCUT2D eigenvalue weighted by atomic mass is 32.1. The largest absolute Gasteiger partial charge is 0.325 e. The molecular weight excluding hydrogens is 422 g/mol. The molecule has 1 aromatic heterocycles. The van der Waals surface area contributed by atoms with Crippen LogP contribution in [0.5, 0.6) is 0 Å². The van der Waals surface area contributed by atoms with Gasteiger partial charge in [0.1, 0.15) is 0 Å². The van der Waals surface area contributed by atoms with Crippen LogP contribution in [0.1, 0.15) is 11.1 Å². The summed E-state index contributed by atoms with van der Waals surface area (Å²) >= 11 is 1.17. The van der Waals surface area contributed by atoms with E-state index in [4.69, 9.17) is 0 Å². The number of rotatable bonds is 7. The lowest BCUT2D eigenvalue weighted by atomic mass is 10.1. The number of nitrogens with one attached hydrogen (secondary N) is 2. The summed E-state index contributed by atoms with van der Waals surface area (Å²) in [6, 6.07) is 9.18. The molecule has 0 spiro atoms. The third-order valence-corrected chi connectivity index (χ3v) is 5.43. The van der Waals surface area contributed by atoms with Gasteiger partial charge in [-0.25, -0.2) is 13.8 Å². The minimum absolute atomic E-state index is 0.0136. The number of thiazole rings is 1. The van der Waals surface area contributed by atoms with Crippen LogP contribution >= 0.6 is 11.3 Å². The summed E-state index contributed by atoms with van der Waals surface area (Å²) in [5, 5.41) is 7.48.